The van der Waals surface area contributed by atoms with Crippen molar-refractivity contribution in [1.82, 2.24) is 5.32 Å². The monoisotopic (exact) mass is 270 g/mol. The van der Waals surface area contributed by atoms with E-state index in [9.17, 15) is 8.42 Å². The summed E-state index contributed by atoms with van der Waals surface area (Å²) >= 11 is 0. The third-order valence-corrected chi connectivity index (χ3v) is 3.73. The minimum absolute atomic E-state index is 0.124. The molecule has 0 bridgehead atoms. The lowest BCUT2D eigenvalue weighted by Crippen LogP contribution is -2.17. The lowest BCUT2D eigenvalue weighted by atomic mass is 10.2. The Kier molecular flexibility index (Phi) is 3.89. The number of hydrogen-bond donors (Lipinski definition) is 2. The first kappa shape index (κ1) is 13.3. The van der Waals surface area contributed by atoms with Crippen LogP contribution in [0.1, 0.15) is 25.3 Å². The van der Waals surface area contributed by atoms with Gasteiger partial charge in [0.05, 0.1) is 11.5 Å². The smallest absolute Gasteiger partial charge is 0.238 e. The van der Waals surface area contributed by atoms with E-state index in [1.807, 2.05) is 6.92 Å². The van der Waals surface area contributed by atoms with Crippen LogP contribution in [0.3, 0.4) is 0 Å². The number of benzene rings is 1. The van der Waals surface area contributed by atoms with Crippen LogP contribution in [-0.2, 0) is 16.6 Å². The Morgan fingerprint density at radius 3 is 2.72 bits per heavy atom. The molecule has 100 valence electrons. The van der Waals surface area contributed by atoms with E-state index >= 15 is 0 Å². The maximum Gasteiger partial charge on any atom is 0.238 e. The molecule has 6 heteroatoms. The Morgan fingerprint density at radius 2 is 2.17 bits per heavy atom. The fraction of sp³-hybridized carbons (Fsp3) is 0.500. The van der Waals surface area contributed by atoms with Crippen molar-refractivity contribution in [2.24, 2.45) is 5.14 Å². The Hall–Kier alpha value is -1.11. The molecule has 0 radical (unpaired) electrons. The molecule has 3 N–H and O–H groups in total. The number of ether oxygens (including phenoxy) is 1. The van der Waals surface area contributed by atoms with E-state index in [-0.39, 0.29) is 4.90 Å². The van der Waals surface area contributed by atoms with Gasteiger partial charge in [0, 0.05) is 18.2 Å². The second-order valence-electron chi connectivity index (χ2n) is 4.40. The fourth-order valence-electron chi connectivity index (χ4n) is 1.71. The Bertz CT molecular complexity index is 524. The van der Waals surface area contributed by atoms with Gasteiger partial charge in [-0.1, -0.05) is 0 Å². The first-order chi connectivity index (χ1) is 8.50. The number of sulfonamides is 1. The van der Waals surface area contributed by atoms with Crippen LogP contribution < -0.4 is 15.2 Å². The fourth-order valence-corrected chi connectivity index (χ4v) is 2.27. The van der Waals surface area contributed by atoms with Crippen LogP contribution in [0.15, 0.2) is 23.1 Å². The van der Waals surface area contributed by atoms with Crippen molar-refractivity contribution < 1.29 is 13.2 Å². The van der Waals surface area contributed by atoms with Crippen LogP contribution in [0.5, 0.6) is 5.75 Å². The van der Waals surface area contributed by atoms with Gasteiger partial charge < -0.3 is 10.1 Å². The maximum absolute atomic E-state index is 11.3. The molecular weight excluding hydrogens is 252 g/mol. The minimum Gasteiger partial charge on any atom is -0.494 e. The van der Waals surface area contributed by atoms with E-state index in [1.165, 1.54) is 18.9 Å². The largest absolute Gasteiger partial charge is 0.494 e. The summed E-state index contributed by atoms with van der Waals surface area (Å²) in [5.74, 6) is 0.707. The van der Waals surface area contributed by atoms with Crippen molar-refractivity contribution in [3.63, 3.8) is 0 Å². The van der Waals surface area contributed by atoms with E-state index in [4.69, 9.17) is 9.88 Å². The van der Waals surface area contributed by atoms with E-state index < -0.39 is 10.0 Å². The summed E-state index contributed by atoms with van der Waals surface area (Å²) in [5, 5.41) is 8.46. The van der Waals surface area contributed by atoms with Crippen LogP contribution in [0, 0.1) is 0 Å². The Morgan fingerprint density at radius 1 is 1.44 bits per heavy atom. The quantitative estimate of drug-likeness (QED) is 0.807. The van der Waals surface area contributed by atoms with Crippen molar-refractivity contribution in [1.29, 1.82) is 0 Å². The van der Waals surface area contributed by atoms with E-state index in [0.717, 1.165) is 5.56 Å². The third kappa shape index (κ3) is 3.44. The van der Waals surface area contributed by atoms with Crippen LogP contribution in [0.25, 0.3) is 0 Å². The highest BCUT2D eigenvalue weighted by molar-refractivity contribution is 7.89. The summed E-state index contributed by atoms with van der Waals surface area (Å²) in [5.41, 5.74) is 0.829. The van der Waals surface area contributed by atoms with Gasteiger partial charge in [-0.05, 0) is 38.0 Å². The molecule has 2 rings (SSSR count). The second kappa shape index (κ2) is 5.26. The van der Waals surface area contributed by atoms with E-state index in [0.29, 0.717) is 24.9 Å². The molecule has 1 fully saturated rings. The lowest BCUT2D eigenvalue weighted by Gasteiger charge is -2.12. The van der Waals surface area contributed by atoms with Gasteiger partial charge in [-0.3, -0.25) is 0 Å². The molecule has 0 saturated heterocycles. The van der Waals surface area contributed by atoms with Gasteiger partial charge in [0.1, 0.15) is 5.75 Å². The molecule has 0 unspecified atom stereocenters. The highest BCUT2D eigenvalue weighted by Crippen LogP contribution is 2.24. The number of rotatable bonds is 6. The molecule has 1 aliphatic rings. The van der Waals surface area contributed by atoms with Crippen LogP contribution in [0.4, 0.5) is 0 Å². The van der Waals surface area contributed by atoms with E-state index in [1.54, 1.807) is 12.1 Å². The van der Waals surface area contributed by atoms with Gasteiger partial charge in [0.25, 0.3) is 0 Å². The summed E-state index contributed by atoms with van der Waals surface area (Å²) in [6.07, 6.45) is 2.36. The van der Waals surface area contributed by atoms with Crippen molar-refractivity contribution in [2.75, 3.05) is 6.61 Å². The zero-order valence-electron chi connectivity index (χ0n) is 10.3. The normalized spacial score (nSPS) is 15.7. The van der Waals surface area contributed by atoms with Crippen LogP contribution in [-0.4, -0.2) is 21.1 Å². The molecule has 0 aliphatic heterocycles. The van der Waals surface area contributed by atoms with Crippen molar-refractivity contribution in [3.8, 4) is 5.75 Å². The molecule has 0 amide bonds. The summed E-state index contributed by atoms with van der Waals surface area (Å²) in [4.78, 5) is 0.124. The van der Waals surface area contributed by atoms with Crippen LogP contribution >= 0.6 is 0 Å². The van der Waals surface area contributed by atoms with Gasteiger partial charge in [0.2, 0.25) is 10.0 Å². The zero-order chi connectivity index (χ0) is 13.2. The molecule has 1 aromatic carbocycles. The second-order valence-corrected chi connectivity index (χ2v) is 5.96. The summed E-state index contributed by atoms with van der Waals surface area (Å²) < 4.78 is 28.1. The molecule has 18 heavy (non-hydrogen) atoms. The first-order valence-corrected chi connectivity index (χ1v) is 7.57. The van der Waals surface area contributed by atoms with Crippen molar-refractivity contribution >= 4 is 10.0 Å². The SMILES string of the molecule is CCOc1ccc(S(N)(=O)=O)cc1CNC1CC1. The molecule has 1 aromatic rings. The number of nitrogens with one attached hydrogen (secondary N) is 1. The molecule has 0 heterocycles. The first-order valence-electron chi connectivity index (χ1n) is 6.02. The molecule has 0 aromatic heterocycles. The third-order valence-electron chi connectivity index (χ3n) is 2.82. The average molecular weight is 270 g/mol. The van der Waals surface area contributed by atoms with Gasteiger partial charge in [-0.2, -0.15) is 0 Å². The predicted octanol–water partition coefficient (Wildman–Crippen LogP) is 0.985. The van der Waals surface area contributed by atoms with E-state index in [2.05, 4.69) is 5.32 Å². The molecule has 1 saturated carbocycles. The average Bonchev–Trinajstić information content (AvgIpc) is 3.10. The van der Waals surface area contributed by atoms with Gasteiger partial charge in [-0.25, -0.2) is 13.6 Å². The molecule has 0 spiro atoms. The van der Waals surface area contributed by atoms with Crippen molar-refractivity contribution in [3.05, 3.63) is 23.8 Å². The number of nitrogens with two attached hydrogens (primary N) is 1. The van der Waals surface area contributed by atoms with Crippen molar-refractivity contribution in [2.45, 2.75) is 37.2 Å². The van der Waals surface area contributed by atoms with Gasteiger partial charge in [0.15, 0.2) is 0 Å². The Labute approximate surface area is 107 Å². The topological polar surface area (TPSA) is 81.4 Å². The molecule has 0 atom stereocenters. The molecule has 1 aliphatic carbocycles. The number of hydrogen-bond acceptors (Lipinski definition) is 4. The number of primary sulfonamides is 1. The lowest BCUT2D eigenvalue weighted by molar-refractivity contribution is 0.335. The minimum atomic E-state index is -3.66. The zero-order valence-corrected chi connectivity index (χ0v) is 11.2. The summed E-state index contributed by atoms with van der Waals surface area (Å²) in [7, 11) is -3.66. The molecular formula is C12H18N2O3S. The van der Waals surface area contributed by atoms with Gasteiger partial charge >= 0.3 is 0 Å². The highest BCUT2D eigenvalue weighted by Gasteiger charge is 2.21. The summed E-state index contributed by atoms with van der Waals surface area (Å²) in [6.45, 7) is 3.04. The van der Waals surface area contributed by atoms with Gasteiger partial charge in [-0.15, -0.1) is 0 Å². The highest BCUT2D eigenvalue weighted by atomic mass is 32.2. The summed E-state index contributed by atoms with van der Waals surface area (Å²) in [6, 6.07) is 5.27. The molecule has 5 nitrogen and oxygen atoms in total. The van der Waals surface area contributed by atoms with Crippen LogP contribution in [0.2, 0.25) is 0 Å². The predicted molar refractivity (Wildman–Crippen MR) is 68.8 cm³/mol. The maximum atomic E-state index is 11.3. The standard InChI is InChI=1S/C12H18N2O3S/c1-2-17-12-6-5-11(18(13,15)16)7-9(12)8-14-10-3-4-10/h5-7,10,14H,2-4,8H2,1H3,(H2,13,15,16). The Balaban J connectivity index is 2.24.